The summed E-state index contributed by atoms with van der Waals surface area (Å²) in [7, 11) is 0. The molecule has 1 amide bonds. The lowest BCUT2D eigenvalue weighted by atomic mass is 10.1. The number of carbonyl (C=O) groups excluding carboxylic acids is 1. The van der Waals surface area contributed by atoms with E-state index in [-0.39, 0.29) is 24.8 Å². The van der Waals surface area contributed by atoms with Crippen LogP contribution < -0.4 is 11.1 Å². The van der Waals surface area contributed by atoms with Crippen LogP contribution in [0.1, 0.15) is 31.9 Å². The molecule has 0 bridgehead atoms. The highest BCUT2D eigenvalue weighted by molar-refractivity contribution is 5.84. The monoisotopic (exact) mass is 268 g/mol. The molecule has 1 aromatic heterocycles. The Morgan fingerprint density at radius 1 is 1.58 bits per heavy atom. The van der Waals surface area contributed by atoms with Crippen LogP contribution in [0.5, 0.6) is 0 Å². The quantitative estimate of drug-likeness (QED) is 0.530. The fourth-order valence-corrected chi connectivity index (χ4v) is 1.78. The number of hydrogen-bond donors (Lipinski definition) is 4. The van der Waals surface area contributed by atoms with Gasteiger partial charge >= 0.3 is 5.97 Å². The number of carbonyl (C=O) groups is 2. The molecule has 0 fully saturated rings. The second-order valence-electron chi connectivity index (χ2n) is 4.49. The second-order valence-corrected chi connectivity index (χ2v) is 4.49. The van der Waals surface area contributed by atoms with Gasteiger partial charge in [-0.2, -0.15) is 0 Å². The van der Waals surface area contributed by atoms with E-state index in [1.807, 2.05) is 6.92 Å². The van der Waals surface area contributed by atoms with Gasteiger partial charge < -0.3 is 21.1 Å². The normalized spacial score (nSPS) is 13.8. The van der Waals surface area contributed by atoms with Gasteiger partial charge in [-0.3, -0.25) is 4.79 Å². The highest BCUT2D eigenvalue weighted by Gasteiger charge is 2.21. The lowest BCUT2D eigenvalue weighted by molar-refractivity contribution is -0.141. The number of rotatable bonds is 8. The van der Waals surface area contributed by atoms with Crippen LogP contribution in [0, 0.1) is 0 Å². The van der Waals surface area contributed by atoms with Crippen molar-refractivity contribution in [2.75, 3.05) is 0 Å². The van der Waals surface area contributed by atoms with E-state index in [2.05, 4.69) is 15.3 Å². The van der Waals surface area contributed by atoms with Crippen molar-refractivity contribution in [3.63, 3.8) is 0 Å². The molecule has 19 heavy (non-hydrogen) atoms. The molecule has 0 saturated heterocycles. The molecule has 0 aliphatic rings. The zero-order valence-corrected chi connectivity index (χ0v) is 10.9. The van der Waals surface area contributed by atoms with Crippen LogP contribution in [0.25, 0.3) is 0 Å². The Kier molecular flexibility index (Phi) is 6.01. The van der Waals surface area contributed by atoms with E-state index in [4.69, 9.17) is 10.8 Å². The van der Waals surface area contributed by atoms with E-state index in [0.717, 1.165) is 12.8 Å². The topological polar surface area (TPSA) is 121 Å². The average molecular weight is 268 g/mol. The predicted molar refractivity (Wildman–Crippen MR) is 69.4 cm³/mol. The first-order valence-electron chi connectivity index (χ1n) is 6.28. The molecule has 2 atom stereocenters. The molecule has 106 valence electrons. The molecule has 7 heteroatoms. The SMILES string of the molecule is CCCC(N)CC(=O)N[C@@H](Cc1cnc[nH]1)C(=O)O. The molecule has 0 spiro atoms. The Morgan fingerprint density at radius 2 is 2.32 bits per heavy atom. The number of carboxylic acid groups (broad SMARTS) is 1. The number of hydrogen-bond acceptors (Lipinski definition) is 4. The summed E-state index contributed by atoms with van der Waals surface area (Å²) in [6.45, 7) is 1.98. The van der Waals surface area contributed by atoms with Crippen LogP contribution >= 0.6 is 0 Å². The van der Waals surface area contributed by atoms with Gasteiger partial charge in [0, 0.05) is 30.8 Å². The van der Waals surface area contributed by atoms with Gasteiger partial charge in [-0.1, -0.05) is 13.3 Å². The smallest absolute Gasteiger partial charge is 0.326 e. The third kappa shape index (κ3) is 5.52. The van der Waals surface area contributed by atoms with Crippen molar-refractivity contribution in [1.82, 2.24) is 15.3 Å². The van der Waals surface area contributed by atoms with E-state index < -0.39 is 12.0 Å². The fourth-order valence-electron chi connectivity index (χ4n) is 1.78. The minimum Gasteiger partial charge on any atom is -0.480 e. The molecule has 0 aliphatic heterocycles. The Morgan fingerprint density at radius 3 is 2.84 bits per heavy atom. The number of carboxylic acids is 1. The Hall–Kier alpha value is -1.89. The standard InChI is InChI=1S/C12H20N4O3/c1-2-3-8(13)4-11(17)16-10(12(18)19)5-9-6-14-7-15-9/h6-8,10H,2-5,13H2,1H3,(H,14,15)(H,16,17)(H,18,19)/t8?,10-/m0/s1. The van der Waals surface area contributed by atoms with E-state index >= 15 is 0 Å². The molecule has 1 heterocycles. The summed E-state index contributed by atoms with van der Waals surface area (Å²) in [5.41, 5.74) is 6.41. The van der Waals surface area contributed by atoms with E-state index in [0.29, 0.717) is 5.69 Å². The molecule has 0 saturated carbocycles. The molecular weight excluding hydrogens is 248 g/mol. The summed E-state index contributed by atoms with van der Waals surface area (Å²) in [6.07, 6.45) is 4.94. The van der Waals surface area contributed by atoms with E-state index in [9.17, 15) is 9.59 Å². The maximum atomic E-state index is 11.7. The maximum Gasteiger partial charge on any atom is 0.326 e. The maximum absolute atomic E-state index is 11.7. The van der Waals surface area contributed by atoms with Crippen LogP contribution in [0.2, 0.25) is 0 Å². The van der Waals surface area contributed by atoms with Gasteiger partial charge in [-0.05, 0) is 6.42 Å². The molecule has 0 aliphatic carbocycles. The van der Waals surface area contributed by atoms with Crippen molar-refractivity contribution in [2.45, 2.75) is 44.7 Å². The predicted octanol–water partition coefficient (Wildman–Crippen LogP) is 0.0391. The Balaban J connectivity index is 2.49. The number of aliphatic carboxylic acids is 1. The van der Waals surface area contributed by atoms with Crippen LogP contribution in [-0.2, 0) is 16.0 Å². The molecular formula is C12H20N4O3. The highest BCUT2D eigenvalue weighted by atomic mass is 16.4. The van der Waals surface area contributed by atoms with Gasteiger partial charge in [0.1, 0.15) is 6.04 Å². The summed E-state index contributed by atoms with van der Waals surface area (Å²) < 4.78 is 0. The number of amides is 1. The van der Waals surface area contributed by atoms with Crippen LogP contribution in [0.3, 0.4) is 0 Å². The van der Waals surface area contributed by atoms with Gasteiger partial charge in [0.15, 0.2) is 0 Å². The summed E-state index contributed by atoms with van der Waals surface area (Å²) in [5, 5.41) is 11.6. The number of aromatic nitrogens is 2. The molecule has 1 rings (SSSR count). The third-order valence-corrected chi connectivity index (χ3v) is 2.72. The zero-order chi connectivity index (χ0) is 14.3. The van der Waals surface area contributed by atoms with Crippen molar-refractivity contribution < 1.29 is 14.7 Å². The zero-order valence-electron chi connectivity index (χ0n) is 10.9. The fraction of sp³-hybridized carbons (Fsp3) is 0.583. The van der Waals surface area contributed by atoms with Crippen molar-refractivity contribution in [3.05, 3.63) is 18.2 Å². The van der Waals surface area contributed by atoms with Crippen molar-refractivity contribution >= 4 is 11.9 Å². The van der Waals surface area contributed by atoms with Gasteiger partial charge in [0.25, 0.3) is 0 Å². The first-order chi connectivity index (χ1) is 9.02. The number of aromatic amines is 1. The number of nitrogens with one attached hydrogen (secondary N) is 2. The minimum atomic E-state index is -1.08. The summed E-state index contributed by atoms with van der Waals surface area (Å²) in [5.74, 6) is -1.42. The largest absolute Gasteiger partial charge is 0.480 e. The molecule has 0 radical (unpaired) electrons. The number of H-pyrrole nitrogens is 1. The number of imidazole rings is 1. The number of nitrogens with two attached hydrogens (primary N) is 1. The summed E-state index contributed by atoms with van der Waals surface area (Å²) in [6, 6.07) is -1.20. The molecule has 1 unspecified atom stereocenters. The van der Waals surface area contributed by atoms with Gasteiger partial charge in [-0.25, -0.2) is 9.78 Å². The minimum absolute atomic E-state index is 0.139. The van der Waals surface area contributed by atoms with E-state index in [1.54, 1.807) is 0 Å². The van der Waals surface area contributed by atoms with Gasteiger partial charge in [0.05, 0.1) is 6.33 Å². The van der Waals surface area contributed by atoms with Crippen molar-refractivity contribution in [2.24, 2.45) is 5.73 Å². The summed E-state index contributed by atoms with van der Waals surface area (Å²) >= 11 is 0. The number of nitrogens with zero attached hydrogens (tertiary/aromatic N) is 1. The average Bonchev–Trinajstić information content (AvgIpc) is 2.80. The van der Waals surface area contributed by atoms with Crippen LogP contribution in [-0.4, -0.2) is 39.0 Å². The first-order valence-corrected chi connectivity index (χ1v) is 6.28. The summed E-state index contributed by atoms with van der Waals surface area (Å²) in [4.78, 5) is 29.4. The van der Waals surface area contributed by atoms with Crippen molar-refractivity contribution in [3.8, 4) is 0 Å². The van der Waals surface area contributed by atoms with Gasteiger partial charge in [-0.15, -0.1) is 0 Å². The van der Waals surface area contributed by atoms with E-state index in [1.165, 1.54) is 12.5 Å². The highest BCUT2D eigenvalue weighted by Crippen LogP contribution is 2.02. The molecule has 5 N–H and O–H groups in total. The van der Waals surface area contributed by atoms with Crippen molar-refractivity contribution in [1.29, 1.82) is 0 Å². The molecule has 7 nitrogen and oxygen atoms in total. The van der Waals surface area contributed by atoms with Crippen LogP contribution in [0.4, 0.5) is 0 Å². The lowest BCUT2D eigenvalue weighted by Gasteiger charge is -2.15. The van der Waals surface area contributed by atoms with Gasteiger partial charge in [0.2, 0.25) is 5.91 Å². The Labute approximate surface area is 111 Å². The second kappa shape index (κ2) is 7.52. The lowest BCUT2D eigenvalue weighted by Crippen LogP contribution is -2.44. The Bertz CT molecular complexity index is 405. The van der Waals surface area contributed by atoms with Crippen LogP contribution in [0.15, 0.2) is 12.5 Å². The third-order valence-electron chi connectivity index (χ3n) is 2.72. The molecule has 0 aromatic carbocycles. The first kappa shape index (κ1) is 15.2. The molecule has 1 aromatic rings.